The highest BCUT2D eigenvalue weighted by atomic mass is 16.5. The van der Waals surface area contributed by atoms with Gasteiger partial charge in [-0.1, -0.05) is 6.07 Å². The van der Waals surface area contributed by atoms with Gasteiger partial charge in [0.25, 0.3) is 11.8 Å². The SMILES string of the molecule is CCOc1cc(/C=C(\C#N)C(=O)NC(C)C)ccc1O[C@@H](C)C(=O)N(C)C. The van der Waals surface area contributed by atoms with Crippen molar-refractivity contribution in [1.29, 1.82) is 5.26 Å². The molecule has 1 rings (SSSR count). The van der Waals surface area contributed by atoms with E-state index in [2.05, 4.69) is 5.32 Å². The molecule has 7 heteroatoms. The number of nitrogens with one attached hydrogen (secondary N) is 1. The van der Waals surface area contributed by atoms with Crippen LogP contribution in [0.2, 0.25) is 0 Å². The number of benzene rings is 1. The quantitative estimate of drug-likeness (QED) is 0.558. The molecule has 1 aromatic carbocycles. The minimum Gasteiger partial charge on any atom is -0.490 e. The molecule has 0 aliphatic heterocycles. The third kappa shape index (κ3) is 6.66. The van der Waals surface area contributed by atoms with Crippen molar-refractivity contribution in [2.45, 2.75) is 39.8 Å². The number of nitrogens with zero attached hydrogens (tertiary/aromatic N) is 2. The largest absolute Gasteiger partial charge is 0.490 e. The first-order valence-corrected chi connectivity index (χ1v) is 8.76. The van der Waals surface area contributed by atoms with Crippen molar-refractivity contribution in [2.24, 2.45) is 0 Å². The van der Waals surface area contributed by atoms with Gasteiger partial charge in [-0.15, -0.1) is 0 Å². The first-order chi connectivity index (χ1) is 12.7. The van der Waals surface area contributed by atoms with E-state index >= 15 is 0 Å². The zero-order valence-corrected chi connectivity index (χ0v) is 16.7. The average Bonchev–Trinajstić information content (AvgIpc) is 2.60. The van der Waals surface area contributed by atoms with E-state index < -0.39 is 12.0 Å². The zero-order chi connectivity index (χ0) is 20.6. The van der Waals surface area contributed by atoms with E-state index in [0.29, 0.717) is 23.7 Å². The molecular weight excluding hydrogens is 346 g/mol. The Morgan fingerprint density at radius 3 is 2.44 bits per heavy atom. The van der Waals surface area contributed by atoms with Gasteiger partial charge < -0.3 is 19.7 Å². The van der Waals surface area contributed by atoms with Crippen LogP contribution in [0.15, 0.2) is 23.8 Å². The van der Waals surface area contributed by atoms with Crippen LogP contribution in [0.4, 0.5) is 0 Å². The highest BCUT2D eigenvalue weighted by Gasteiger charge is 2.19. The Morgan fingerprint density at radius 2 is 1.93 bits per heavy atom. The highest BCUT2D eigenvalue weighted by Crippen LogP contribution is 2.30. The third-order valence-electron chi connectivity index (χ3n) is 3.46. The summed E-state index contributed by atoms with van der Waals surface area (Å²) < 4.78 is 11.3. The summed E-state index contributed by atoms with van der Waals surface area (Å²) in [5.74, 6) is 0.252. The Balaban J connectivity index is 3.14. The predicted octanol–water partition coefficient (Wildman–Crippen LogP) is 2.37. The highest BCUT2D eigenvalue weighted by molar-refractivity contribution is 6.01. The molecule has 0 radical (unpaired) electrons. The normalized spacial score (nSPS) is 12.1. The van der Waals surface area contributed by atoms with E-state index in [0.717, 1.165) is 0 Å². The minimum atomic E-state index is -0.674. The number of carbonyl (C=O) groups is 2. The Hall–Kier alpha value is -3.01. The number of amides is 2. The maximum absolute atomic E-state index is 12.1. The molecule has 27 heavy (non-hydrogen) atoms. The van der Waals surface area contributed by atoms with E-state index in [1.165, 1.54) is 11.0 Å². The Kier molecular flexibility index (Phi) is 8.34. The maximum Gasteiger partial charge on any atom is 0.262 e. The van der Waals surface area contributed by atoms with Gasteiger partial charge in [-0.3, -0.25) is 9.59 Å². The summed E-state index contributed by atoms with van der Waals surface area (Å²) in [6.07, 6.45) is 0.811. The molecule has 0 aliphatic carbocycles. The molecule has 0 aliphatic rings. The summed E-state index contributed by atoms with van der Waals surface area (Å²) in [6.45, 7) is 7.54. The zero-order valence-electron chi connectivity index (χ0n) is 16.7. The van der Waals surface area contributed by atoms with Crippen molar-refractivity contribution in [2.75, 3.05) is 20.7 Å². The molecule has 0 aromatic heterocycles. The first-order valence-electron chi connectivity index (χ1n) is 8.76. The molecule has 0 unspecified atom stereocenters. The summed E-state index contributed by atoms with van der Waals surface area (Å²) in [7, 11) is 3.32. The van der Waals surface area contributed by atoms with Crippen LogP contribution in [0.25, 0.3) is 6.08 Å². The summed E-state index contributed by atoms with van der Waals surface area (Å²) in [5, 5.41) is 11.9. The van der Waals surface area contributed by atoms with E-state index in [4.69, 9.17) is 9.47 Å². The topological polar surface area (TPSA) is 91.7 Å². The molecule has 146 valence electrons. The number of nitriles is 1. The number of carbonyl (C=O) groups excluding carboxylic acids is 2. The molecule has 0 fully saturated rings. The standard InChI is InChI=1S/C20H27N3O4/c1-7-26-18-11-15(10-16(12-21)19(24)22-13(2)3)8-9-17(18)27-14(4)20(25)23(5)6/h8-11,13-14H,7H2,1-6H3,(H,22,24)/b16-10+/t14-/m0/s1. The number of rotatable bonds is 8. The van der Waals surface area contributed by atoms with Crippen LogP contribution in [-0.2, 0) is 9.59 Å². The van der Waals surface area contributed by atoms with Crippen molar-refractivity contribution >= 4 is 17.9 Å². The van der Waals surface area contributed by atoms with Gasteiger partial charge in [0.1, 0.15) is 11.6 Å². The van der Waals surface area contributed by atoms with E-state index in [9.17, 15) is 14.9 Å². The minimum absolute atomic E-state index is 0.00373. The van der Waals surface area contributed by atoms with Gasteiger partial charge in [-0.2, -0.15) is 5.26 Å². The third-order valence-corrected chi connectivity index (χ3v) is 3.46. The van der Waals surface area contributed by atoms with E-state index in [-0.39, 0.29) is 17.5 Å². The molecule has 1 N–H and O–H groups in total. The molecule has 0 saturated heterocycles. The second-order valence-electron chi connectivity index (χ2n) is 6.43. The number of hydrogen-bond acceptors (Lipinski definition) is 5. The van der Waals surface area contributed by atoms with Crippen molar-refractivity contribution in [3.8, 4) is 17.6 Å². The molecule has 7 nitrogen and oxygen atoms in total. The molecule has 1 aromatic rings. The number of likely N-dealkylation sites (N-methyl/N-ethyl adjacent to an activating group) is 1. The molecule has 1 atom stereocenters. The van der Waals surface area contributed by atoms with E-state index in [1.54, 1.807) is 39.2 Å². The van der Waals surface area contributed by atoms with Crippen LogP contribution in [0.1, 0.15) is 33.3 Å². The predicted molar refractivity (Wildman–Crippen MR) is 103 cm³/mol. The molecule has 0 bridgehead atoms. The van der Waals surface area contributed by atoms with Gasteiger partial charge in [0.15, 0.2) is 17.6 Å². The fourth-order valence-corrected chi connectivity index (χ4v) is 2.24. The Labute approximate surface area is 160 Å². The lowest BCUT2D eigenvalue weighted by Crippen LogP contribution is -2.35. The van der Waals surface area contributed by atoms with Crippen LogP contribution in [0.3, 0.4) is 0 Å². The van der Waals surface area contributed by atoms with Crippen molar-refractivity contribution < 1.29 is 19.1 Å². The fraction of sp³-hybridized carbons (Fsp3) is 0.450. The Bertz CT molecular complexity index is 748. The van der Waals surface area contributed by atoms with Crippen molar-refractivity contribution in [3.63, 3.8) is 0 Å². The second kappa shape index (κ2) is 10.2. The lowest BCUT2D eigenvalue weighted by atomic mass is 10.1. The van der Waals surface area contributed by atoms with Crippen LogP contribution < -0.4 is 14.8 Å². The van der Waals surface area contributed by atoms with Gasteiger partial charge in [-0.25, -0.2) is 0 Å². The lowest BCUT2D eigenvalue weighted by Gasteiger charge is -2.20. The van der Waals surface area contributed by atoms with Crippen molar-refractivity contribution in [3.05, 3.63) is 29.3 Å². The van der Waals surface area contributed by atoms with Crippen LogP contribution in [-0.4, -0.2) is 49.6 Å². The van der Waals surface area contributed by atoms with Gasteiger partial charge in [0.2, 0.25) is 0 Å². The van der Waals surface area contributed by atoms with Gasteiger partial charge in [0.05, 0.1) is 6.61 Å². The van der Waals surface area contributed by atoms with Gasteiger partial charge in [0, 0.05) is 20.1 Å². The maximum atomic E-state index is 12.1. The Morgan fingerprint density at radius 1 is 1.26 bits per heavy atom. The van der Waals surface area contributed by atoms with Gasteiger partial charge >= 0.3 is 0 Å². The van der Waals surface area contributed by atoms with Crippen LogP contribution in [0.5, 0.6) is 11.5 Å². The molecular formula is C20H27N3O4. The molecule has 0 spiro atoms. The summed E-state index contributed by atoms with van der Waals surface area (Å²) in [5.41, 5.74) is 0.615. The fourth-order valence-electron chi connectivity index (χ4n) is 2.24. The summed E-state index contributed by atoms with van der Waals surface area (Å²) in [4.78, 5) is 25.5. The first kappa shape index (κ1) is 22.0. The summed E-state index contributed by atoms with van der Waals surface area (Å²) >= 11 is 0. The molecule has 0 saturated carbocycles. The smallest absolute Gasteiger partial charge is 0.262 e. The average molecular weight is 373 g/mol. The van der Waals surface area contributed by atoms with Crippen LogP contribution >= 0.6 is 0 Å². The van der Waals surface area contributed by atoms with Gasteiger partial charge in [-0.05, 0) is 51.5 Å². The number of hydrogen-bond donors (Lipinski definition) is 1. The number of ether oxygens (including phenoxy) is 2. The van der Waals surface area contributed by atoms with Crippen molar-refractivity contribution in [1.82, 2.24) is 10.2 Å². The second-order valence-corrected chi connectivity index (χ2v) is 6.43. The van der Waals surface area contributed by atoms with E-state index in [1.807, 2.05) is 26.8 Å². The lowest BCUT2D eigenvalue weighted by molar-refractivity contribution is -0.135. The monoisotopic (exact) mass is 373 g/mol. The molecule has 2 amide bonds. The van der Waals surface area contributed by atoms with Crippen LogP contribution in [0, 0.1) is 11.3 Å². The molecule has 0 heterocycles. The summed E-state index contributed by atoms with van der Waals surface area (Å²) in [6, 6.07) is 6.87.